The van der Waals surface area contributed by atoms with Gasteiger partial charge in [0.1, 0.15) is 0 Å². The maximum atomic E-state index is 2.52. The van der Waals surface area contributed by atoms with Crippen LogP contribution in [0.4, 0.5) is 34.1 Å². The molecule has 2 aliphatic carbocycles. The lowest BCUT2D eigenvalue weighted by molar-refractivity contribution is 0.630. The minimum absolute atomic E-state index is 0.205. The van der Waals surface area contributed by atoms with Gasteiger partial charge in [-0.25, -0.2) is 0 Å². The molecule has 1 aromatic heterocycles. The van der Waals surface area contributed by atoms with E-state index < -0.39 is 0 Å². The second-order valence-corrected chi connectivity index (χ2v) is 25.0. The highest BCUT2D eigenvalue weighted by Gasteiger charge is 2.39. The molecule has 0 saturated heterocycles. The normalized spacial score (nSPS) is 14.4. The van der Waals surface area contributed by atoms with Gasteiger partial charge in [-0.3, -0.25) is 0 Å². The first kappa shape index (κ1) is 49.8. The first-order chi connectivity index (χ1) is 40.9. The predicted molar refractivity (Wildman–Crippen MR) is 354 cm³/mol. The first-order valence-electron chi connectivity index (χ1n) is 29.6. The Hall–Kier alpha value is -9.96. The Morgan fingerprint density at radius 1 is 0.250 bits per heavy atom. The molecule has 0 saturated carbocycles. The van der Waals surface area contributed by atoms with Crippen molar-refractivity contribution in [3.8, 4) is 61.3 Å². The Balaban J connectivity index is 0.979. The van der Waals surface area contributed by atoms with E-state index in [1.165, 1.54) is 111 Å². The van der Waals surface area contributed by atoms with Crippen LogP contribution in [0.2, 0.25) is 0 Å². The minimum Gasteiger partial charge on any atom is -0.310 e. The van der Waals surface area contributed by atoms with Gasteiger partial charge in [-0.2, -0.15) is 0 Å². The summed E-state index contributed by atoms with van der Waals surface area (Å²) in [6.07, 6.45) is 0. The topological polar surface area (TPSA) is 11.4 Å². The van der Waals surface area contributed by atoms with Crippen molar-refractivity contribution < 1.29 is 0 Å². The Morgan fingerprint density at radius 2 is 0.655 bits per heavy atom. The number of fused-ring (bicyclic) bond motifs is 11. The zero-order valence-corrected chi connectivity index (χ0v) is 48.3. The van der Waals surface area contributed by atoms with Crippen molar-refractivity contribution in [2.45, 2.75) is 57.8 Å². The highest BCUT2D eigenvalue weighted by molar-refractivity contribution is 6.13. The molecule has 0 bridgehead atoms. The van der Waals surface area contributed by atoms with Gasteiger partial charge in [0, 0.05) is 61.1 Å². The van der Waals surface area contributed by atoms with Gasteiger partial charge < -0.3 is 14.4 Å². The van der Waals surface area contributed by atoms with Crippen molar-refractivity contribution in [3.63, 3.8) is 0 Å². The van der Waals surface area contributed by atoms with E-state index in [1.54, 1.807) is 0 Å². The Morgan fingerprint density at radius 3 is 1.19 bits per heavy atom. The van der Waals surface area contributed by atoms with E-state index in [1.807, 2.05) is 0 Å². The van der Waals surface area contributed by atoms with Crippen molar-refractivity contribution in [2.24, 2.45) is 0 Å². The van der Waals surface area contributed by atoms with Crippen LogP contribution in [-0.4, -0.2) is 4.57 Å². The summed E-state index contributed by atoms with van der Waals surface area (Å²) in [5.74, 6) is 0. The second kappa shape index (κ2) is 18.5. The number of aromatic nitrogens is 1. The number of hydrogen-bond donors (Lipinski definition) is 0. The molecule has 13 aromatic rings. The van der Waals surface area contributed by atoms with Crippen LogP contribution >= 0.6 is 0 Å². The molecule has 0 N–H and O–H groups in total. The second-order valence-electron chi connectivity index (χ2n) is 25.0. The monoisotopic (exact) mass is 1080 g/mol. The van der Waals surface area contributed by atoms with Crippen molar-refractivity contribution >= 4 is 55.9 Å². The summed E-state index contributed by atoms with van der Waals surface area (Å²) in [7, 11) is 0. The smallest absolute Gasteiger partial charge is 0.0582 e. The molecule has 0 unspecified atom stereocenters. The van der Waals surface area contributed by atoms with Gasteiger partial charge >= 0.3 is 0 Å². The molecule has 3 aliphatic rings. The SMILES string of the molecule is CC1(C)c2ccccc2-c2ccc(N(c3ccc(-c4ccccc4)cc3)c3cc(-c4cc5c6c(c4)c4ccccc4n6-c4ccccc4C5(C)C)cc(N(c4ccc(-c5ccccc5)cc4)c4ccc5c(c4)C(C)(C)c4ccccc4-5)c3)cc21. The van der Waals surface area contributed by atoms with E-state index >= 15 is 0 Å². The largest absolute Gasteiger partial charge is 0.310 e. The van der Waals surface area contributed by atoms with Crippen LogP contribution in [0.3, 0.4) is 0 Å². The summed E-state index contributed by atoms with van der Waals surface area (Å²) in [6, 6.07) is 103. The highest BCUT2D eigenvalue weighted by Crippen LogP contribution is 2.55. The molecule has 0 amide bonds. The van der Waals surface area contributed by atoms with Crippen molar-refractivity contribution in [1.29, 1.82) is 0 Å². The van der Waals surface area contributed by atoms with Crippen LogP contribution in [0, 0.1) is 0 Å². The number of rotatable bonds is 9. The molecule has 0 spiro atoms. The summed E-state index contributed by atoms with van der Waals surface area (Å²) in [5, 5.41) is 2.51. The van der Waals surface area contributed by atoms with Gasteiger partial charge in [-0.05, 0) is 180 Å². The molecular weight excluding hydrogens is 1010 g/mol. The van der Waals surface area contributed by atoms with Gasteiger partial charge in [0.25, 0.3) is 0 Å². The van der Waals surface area contributed by atoms with Crippen LogP contribution in [0.15, 0.2) is 273 Å². The summed E-state index contributed by atoms with van der Waals surface area (Å²) < 4.78 is 2.52. The van der Waals surface area contributed by atoms with Gasteiger partial charge in [-0.1, -0.05) is 224 Å². The summed E-state index contributed by atoms with van der Waals surface area (Å²) in [4.78, 5) is 5.02. The third-order valence-electron chi connectivity index (χ3n) is 19.1. The fourth-order valence-corrected chi connectivity index (χ4v) is 14.8. The van der Waals surface area contributed by atoms with Gasteiger partial charge in [0.05, 0.1) is 16.7 Å². The highest BCUT2D eigenvalue weighted by atomic mass is 15.2. The molecule has 2 heterocycles. The maximum absolute atomic E-state index is 2.52. The summed E-state index contributed by atoms with van der Waals surface area (Å²) >= 11 is 0. The van der Waals surface area contributed by atoms with E-state index in [9.17, 15) is 0 Å². The average molecular weight is 1080 g/mol. The average Bonchev–Trinajstić information content (AvgIpc) is 3.15. The Kier molecular flexibility index (Phi) is 11.0. The zero-order chi connectivity index (χ0) is 56.6. The van der Waals surface area contributed by atoms with Crippen LogP contribution in [0.5, 0.6) is 0 Å². The fourth-order valence-electron chi connectivity index (χ4n) is 14.8. The molecule has 0 atom stereocenters. The lowest BCUT2D eigenvalue weighted by atomic mass is 9.74. The third-order valence-corrected chi connectivity index (χ3v) is 19.1. The molecule has 402 valence electrons. The molecular formula is C81H63N3. The Labute approximate surface area is 493 Å². The maximum Gasteiger partial charge on any atom is 0.0582 e. The molecule has 1 aliphatic heterocycles. The van der Waals surface area contributed by atoms with E-state index in [2.05, 4.69) is 329 Å². The number of anilines is 6. The molecule has 16 rings (SSSR count). The number of para-hydroxylation sites is 2. The number of nitrogens with zero attached hydrogens (tertiary/aromatic N) is 3. The van der Waals surface area contributed by atoms with Crippen LogP contribution < -0.4 is 9.80 Å². The molecule has 0 radical (unpaired) electrons. The lowest BCUT2D eigenvalue weighted by Gasteiger charge is -2.35. The standard InChI is InChI=1S/C81H63N3/c1-79(2)70-28-16-13-25-64(70)66-43-41-60(50-73(66)79)82(58-37-33-54(34-38-58)52-21-9-7-10-22-52)62-45-56(57-47-69-68-27-15-19-31-76(68)84-77-32-20-18-30-72(77)81(5,6)75(48-57)78(69)84)46-63(49-62)83(59-39-35-55(36-40-59)53-23-11-8-12-24-53)61-42-44-67-65-26-14-17-29-71(65)80(3,4)74(67)51-61/h7-51H,1-6H3. The number of benzene rings is 12. The summed E-state index contributed by atoms with van der Waals surface area (Å²) in [6.45, 7) is 14.4. The third kappa shape index (κ3) is 7.51. The van der Waals surface area contributed by atoms with Gasteiger partial charge in [-0.15, -0.1) is 0 Å². The van der Waals surface area contributed by atoms with Crippen LogP contribution in [-0.2, 0) is 16.2 Å². The predicted octanol–water partition coefficient (Wildman–Crippen LogP) is 22.0. The minimum atomic E-state index is -0.293. The molecule has 0 fully saturated rings. The molecule has 84 heavy (non-hydrogen) atoms. The van der Waals surface area contributed by atoms with Gasteiger partial charge in [0.2, 0.25) is 0 Å². The van der Waals surface area contributed by atoms with Gasteiger partial charge in [0.15, 0.2) is 0 Å². The zero-order valence-electron chi connectivity index (χ0n) is 48.3. The van der Waals surface area contributed by atoms with Crippen molar-refractivity contribution in [3.05, 3.63) is 306 Å². The van der Waals surface area contributed by atoms with Crippen LogP contribution in [0.25, 0.3) is 83.1 Å². The lowest BCUT2D eigenvalue weighted by Crippen LogP contribution is -2.26. The van der Waals surface area contributed by atoms with E-state index in [-0.39, 0.29) is 16.2 Å². The van der Waals surface area contributed by atoms with E-state index in [0.29, 0.717) is 0 Å². The molecule has 3 heteroatoms. The fraction of sp³-hybridized carbons (Fsp3) is 0.111. The van der Waals surface area contributed by atoms with E-state index in [0.717, 1.165) is 39.7 Å². The van der Waals surface area contributed by atoms with Crippen LogP contribution in [0.1, 0.15) is 74.9 Å². The Bertz CT molecular complexity index is 4580. The van der Waals surface area contributed by atoms with E-state index in [4.69, 9.17) is 0 Å². The number of hydrogen-bond acceptors (Lipinski definition) is 2. The quantitative estimate of drug-likeness (QED) is 0.143. The first-order valence-corrected chi connectivity index (χ1v) is 29.6. The van der Waals surface area contributed by atoms with Crippen molar-refractivity contribution in [2.75, 3.05) is 9.80 Å². The molecule has 12 aromatic carbocycles. The van der Waals surface area contributed by atoms with Crippen molar-refractivity contribution in [1.82, 2.24) is 4.57 Å². The summed E-state index contributed by atoms with van der Waals surface area (Å²) in [5.41, 5.74) is 29.8. The molecule has 3 nitrogen and oxygen atoms in total.